The van der Waals surface area contributed by atoms with Crippen molar-refractivity contribution in [3.05, 3.63) is 28.8 Å². The second kappa shape index (κ2) is 5.16. The predicted octanol–water partition coefficient (Wildman–Crippen LogP) is 2.26. The molecule has 20 heavy (non-hydrogen) atoms. The highest BCUT2D eigenvalue weighted by Gasteiger charge is 2.33. The molecule has 0 N–H and O–H groups in total. The van der Waals surface area contributed by atoms with Crippen LogP contribution >= 0.6 is 0 Å². The van der Waals surface area contributed by atoms with E-state index in [1.807, 2.05) is 32.9 Å². The zero-order chi connectivity index (χ0) is 15.1. The smallest absolute Gasteiger partial charge is 0.302 e. The fraction of sp³-hybridized carbons (Fsp3) is 0.500. The summed E-state index contributed by atoms with van der Waals surface area (Å²) in [5.74, 6) is -1.21. The number of benzene rings is 1. The first-order valence-corrected chi connectivity index (χ1v) is 8.03. The lowest BCUT2D eigenvalue weighted by Gasteiger charge is -2.19. The van der Waals surface area contributed by atoms with E-state index in [-0.39, 0.29) is 18.9 Å². The SMILES string of the molecule is Cc1cc(N2CC(CS(=O)(=O)F)CC2=O)cc(C)c1C. The molecule has 1 saturated heterocycles. The molecule has 1 aromatic carbocycles. The average molecular weight is 299 g/mol. The molecule has 110 valence electrons. The Morgan fingerprint density at radius 3 is 2.30 bits per heavy atom. The van der Waals surface area contributed by atoms with Gasteiger partial charge in [0.1, 0.15) is 0 Å². The zero-order valence-electron chi connectivity index (χ0n) is 11.8. The summed E-state index contributed by atoms with van der Waals surface area (Å²) in [7, 11) is -4.54. The lowest BCUT2D eigenvalue weighted by molar-refractivity contribution is -0.117. The van der Waals surface area contributed by atoms with E-state index in [9.17, 15) is 17.1 Å². The minimum atomic E-state index is -4.54. The first kappa shape index (κ1) is 15.0. The molecule has 1 heterocycles. The normalized spacial score (nSPS) is 19.7. The number of nitrogens with zero attached hydrogens (tertiary/aromatic N) is 1. The summed E-state index contributed by atoms with van der Waals surface area (Å²) in [5.41, 5.74) is 4.08. The average Bonchev–Trinajstić information content (AvgIpc) is 2.63. The molecule has 0 bridgehead atoms. The molecule has 1 aromatic rings. The number of halogens is 1. The van der Waals surface area contributed by atoms with Crippen molar-refractivity contribution in [1.82, 2.24) is 0 Å². The van der Waals surface area contributed by atoms with E-state index in [0.29, 0.717) is 0 Å². The lowest BCUT2D eigenvalue weighted by Crippen LogP contribution is -2.25. The minimum absolute atomic E-state index is 0.0785. The Bertz CT molecular complexity index is 631. The van der Waals surface area contributed by atoms with Crippen molar-refractivity contribution in [1.29, 1.82) is 0 Å². The molecule has 1 atom stereocenters. The van der Waals surface area contributed by atoms with Crippen molar-refractivity contribution in [3.63, 3.8) is 0 Å². The van der Waals surface area contributed by atoms with Crippen LogP contribution in [0.3, 0.4) is 0 Å². The third kappa shape index (κ3) is 3.17. The van der Waals surface area contributed by atoms with Crippen LogP contribution in [0, 0.1) is 26.7 Å². The van der Waals surface area contributed by atoms with Crippen molar-refractivity contribution in [2.24, 2.45) is 5.92 Å². The van der Waals surface area contributed by atoms with Crippen LogP contribution in [0.1, 0.15) is 23.1 Å². The van der Waals surface area contributed by atoms with Crippen LogP contribution in [0.15, 0.2) is 12.1 Å². The van der Waals surface area contributed by atoms with Gasteiger partial charge in [0.15, 0.2) is 0 Å². The van der Waals surface area contributed by atoms with Gasteiger partial charge in [-0.1, -0.05) is 0 Å². The van der Waals surface area contributed by atoms with Crippen LogP contribution in [-0.4, -0.2) is 26.6 Å². The summed E-state index contributed by atoms with van der Waals surface area (Å²) in [6.45, 7) is 6.20. The lowest BCUT2D eigenvalue weighted by atomic mass is 10.0. The van der Waals surface area contributed by atoms with E-state index in [1.165, 1.54) is 5.56 Å². The summed E-state index contributed by atoms with van der Waals surface area (Å²) < 4.78 is 34.1. The quantitative estimate of drug-likeness (QED) is 0.805. The van der Waals surface area contributed by atoms with E-state index >= 15 is 0 Å². The summed E-state index contributed by atoms with van der Waals surface area (Å²) in [5, 5.41) is 0. The number of aryl methyl sites for hydroxylation is 2. The molecule has 1 amide bonds. The highest BCUT2D eigenvalue weighted by atomic mass is 32.3. The summed E-state index contributed by atoms with van der Waals surface area (Å²) in [4.78, 5) is 13.5. The van der Waals surface area contributed by atoms with Crippen molar-refractivity contribution in [3.8, 4) is 0 Å². The first-order valence-electron chi connectivity index (χ1n) is 6.48. The third-order valence-electron chi connectivity index (χ3n) is 3.86. The summed E-state index contributed by atoms with van der Waals surface area (Å²) in [6.07, 6.45) is 0.0785. The van der Waals surface area contributed by atoms with Gasteiger partial charge in [0, 0.05) is 24.6 Å². The zero-order valence-corrected chi connectivity index (χ0v) is 12.6. The largest absolute Gasteiger partial charge is 0.312 e. The number of rotatable bonds is 3. The molecule has 0 spiro atoms. The van der Waals surface area contributed by atoms with Gasteiger partial charge in [0.25, 0.3) is 0 Å². The van der Waals surface area contributed by atoms with Crippen molar-refractivity contribution >= 4 is 21.8 Å². The van der Waals surface area contributed by atoms with E-state index in [4.69, 9.17) is 0 Å². The van der Waals surface area contributed by atoms with E-state index in [0.717, 1.165) is 16.8 Å². The van der Waals surface area contributed by atoms with Gasteiger partial charge in [-0.2, -0.15) is 8.42 Å². The van der Waals surface area contributed by atoms with Crippen molar-refractivity contribution < 1.29 is 17.1 Å². The van der Waals surface area contributed by atoms with Crippen LogP contribution in [0.4, 0.5) is 9.57 Å². The van der Waals surface area contributed by atoms with E-state index in [1.54, 1.807) is 4.90 Å². The standard InChI is InChI=1S/C14H18FNO3S/c1-9-4-13(5-10(2)11(9)3)16-7-12(6-14(16)17)8-20(15,18)19/h4-5,12H,6-8H2,1-3H3. The van der Waals surface area contributed by atoms with E-state index in [2.05, 4.69) is 0 Å². The molecular formula is C14H18FNO3S. The van der Waals surface area contributed by atoms with Gasteiger partial charge in [0.05, 0.1) is 5.75 Å². The highest BCUT2D eigenvalue weighted by molar-refractivity contribution is 7.86. The molecule has 1 aliphatic rings. The number of hydrogen-bond acceptors (Lipinski definition) is 3. The molecular weight excluding hydrogens is 281 g/mol. The van der Waals surface area contributed by atoms with Gasteiger partial charge in [-0.05, 0) is 49.6 Å². The number of carbonyl (C=O) groups excluding carboxylic acids is 1. The Labute approximate surface area is 118 Å². The molecule has 1 unspecified atom stereocenters. The molecule has 1 aliphatic heterocycles. The van der Waals surface area contributed by atoms with Gasteiger partial charge >= 0.3 is 10.2 Å². The fourth-order valence-corrected chi connectivity index (χ4v) is 3.38. The van der Waals surface area contributed by atoms with Crippen LogP contribution in [0.5, 0.6) is 0 Å². The second-order valence-corrected chi connectivity index (χ2v) is 6.90. The second-order valence-electron chi connectivity index (χ2n) is 5.48. The Morgan fingerprint density at radius 2 is 1.80 bits per heavy atom. The van der Waals surface area contributed by atoms with Gasteiger partial charge in [-0.3, -0.25) is 4.79 Å². The van der Waals surface area contributed by atoms with Crippen LogP contribution < -0.4 is 4.90 Å². The Balaban J connectivity index is 2.24. The monoisotopic (exact) mass is 299 g/mol. The van der Waals surface area contributed by atoms with Crippen LogP contribution in [-0.2, 0) is 15.0 Å². The number of amides is 1. The van der Waals surface area contributed by atoms with Gasteiger partial charge in [0.2, 0.25) is 5.91 Å². The Morgan fingerprint density at radius 1 is 1.25 bits per heavy atom. The van der Waals surface area contributed by atoms with Crippen molar-refractivity contribution in [2.45, 2.75) is 27.2 Å². The molecule has 0 saturated carbocycles. The molecule has 4 nitrogen and oxygen atoms in total. The first-order chi connectivity index (χ1) is 9.17. The number of anilines is 1. The minimum Gasteiger partial charge on any atom is -0.312 e. The summed E-state index contributed by atoms with van der Waals surface area (Å²) >= 11 is 0. The maximum atomic E-state index is 12.7. The van der Waals surface area contributed by atoms with Crippen molar-refractivity contribution in [2.75, 3.05) is 17.2 Å². The predicted molar refractivity (Wildman–Crippen MR) is 76.0 cm³/mol. The van der Waals surface area contributed by atoms with Gasteiger partial charge < -0.3 is 4.90 Å². The van der Waals surface area contributed by atoms with Gasteiger partial charge in [-0.15, -0.1) is 3.89 Å². The van der Waals surface area contributed by atoms with E-state index < -0.39 is 21.9 Å². The Hall–Kier alpha value is -1.43. The molecule has 1 fully saturated rings. The highest BCUT2D eigenvalue weighted by Crippen LogP contribution is 2.29. The molecule has 0 radical (unpaired) electrons. The molecule has 0 aliphatic carbocycles. The molecule has 0 aromatic heterocycles. The fourth-order valence-electron chi connectivity index (χ4n) is 2.59. The maximum absolute atomic E-state index is 12.7. The Kier molecular flexibility index (Phi) is 3.86. The summed E-state index contributed by atoms with van der Waals surface area (Å²) in [6, 6.07) is 3.82. The maximum Gasteiger partial charge on any atom is 0.302 e. The topological polar surface area (TPSA) is 54.5 Å². The number of hydrogen-bond donors (Lipinski definition) is 0. The number of carbonyl (C=O) groups is 1. The molecule has 2 rings (SSSR count). The van der Waals surface area contributed by atoms with Crippen LogP contribution in [0.2, 0.25) is 0 Å². The van der Waals surface area contributed by atoms with Crippen LogP contribution in [0.25, 0.3) is 0 Å². The third-order valence-corrected chi connectivity index (χ3v) is 4.73. The van der Waals surface area contributed by atoms with Gasteiger partial charge in [-0.25, -0.2) is 0 Å². The molecule has 6 heteroatoms.